The van der Waals surface area contributed by atoms with Crippen LogP contribution in [-0.2, 0) is 17.7 Å². The first-order chi connectivity index (χ1) is 8.28. The summed E-state index contributed by atoms with van der Waals surface area (Å²) in [6.07, 6.45) is 9.92. The van der Waals surface area contributed by atoms with Crippen molar-refractivity contribution in [1.82, 2.24) is 9.78 Å². The minimum atomic E-state index is 0.255. The second-order valence-electron chi connectivity index (χ2n) is 4.91. The van der Waals surface area contributed by atoms with Gasteiger partial charge in [-0.25, -0.2) is 0 Å². The molecule has 0 aromatic carbocycles. The van der Waals surface area contributed by atoms with E-state index in [2.05, 4.69) is 18.2 Å². The third kappa shape index (κ3) is 3.82. The number of aryl methyl sites for hydroxylation is 1. The van der Waals surface area contributed by atoms with Crippen molar-refractivity contribution < 1.29 is 4.74 Å². The van der Waals surface area contributed by atoms with Gasteiger partial charge in [-0.05, 0) is 37.7 Å². The van der Waals surface area contributed by atoms with E-state index in [0.29, 0.717) is 6.10 Å². The van der Waals surface area contributed by atoms with Crippen LogP contribution in [0.25, 0.3) is 0 Å². The first-order valence-electron chi connectivity index (χ1n) is 6.66. The highest BCUT2D eigenvalue weighted by Crippen LogP contribution is 2.16. The van der Waals surface area contributed by atoms with E-state index >= 15 is 0 Å². The highest BCUT2D eigenvalue weighted by atomic mass is 16.5. The predicted molar refractivity (Wildman–Crippen MR) is 67.8 cm³/mol. The summed E-state index contributed by atoms with van der Waals surface area (Å²) in [4.78, 5) is 0. The van der Waals surface area contributed by atoms with E-state index in [1.165, 1.54) is 18.4 Å². The molecule has 2 rings (SSSR count). The fraction of sp³-hybridized carbons (Fsp3) is 0.769. The van der Waals surface area contributed by atoms with Crippen molar-refractivity contribution in [3.05, 3.63) is 18.0 Å². The van der Waals surface area contributed by atoms with Crippen molar-refractivity contribution in [3.8, 4) is 0 Å². The maximum absolute atomic E-state index is 5.93. The molecule has 0 radical (unpaired) electrons. The predicted octanol–water partition coefficient (Wildman–Crippen LogP) is 1.73. The van der Waals surface area contributed by atoms with Gasteiger partial charge in [-0.1, -0.05) is 6.92 Å². The number of nitrogens with two attached hydrogens (primary N) is 1. The van der Waals surface area contributed by atoms with Crippen LogP contribution in [-0.4, -0.2) is 28.5 Å². The minimum Gasteiger partial charge on any atom is -0.378 e. The van der Waals surface area contributed by atoms with Crippen molar-refractivity contribution in [2.24, 2.45) is 5.73 Å². The van der Waals surface area contributed by atoms with Gasteiger partial charge in [0.1, 0.15) is 0 Å². The van der Waals surface area contributed by atoms with E-state index in [4.69, 9.17) is 10.5 Å². The molecule has 0 spiro atoms. The molecule has 1 fully saturated rings. The van der Waals surface area contributed by atoms with E-state index in [1.807, 2.05) is 10.9 Å². The lowest BCUT2D eigenvalue weighted by Gasteiger charge is -2.08. The number of nitrogens with zero attached hydrogens (tertiary/aromatic N) is 2. The Hall–Kier alpha value is -0.870. The van der Waals surface area contributed by atoms with Crippen molar-refractivity contribution in [2.45, 2.75) is 57.7 Å². The molecule has 1 aromatic heterocycles. The summed E-state index contributed by atoms with van der Waals surface area (Å²) in [5, 5.41) is 4.37. The van der Waals surface area contributed by atoms with Crippen LogP contribution in [0.4, 0.5) is 0 Å². The van der Waals surface area contributed by atoms with Crippen LogP contribution in [0.2, 0.25) is 0 Å². The fourth-order valence-corrected chi connectivity index (χ4v) is 2.23. The molecule has 4 heteroatoms. The Morgan fingerprint density at radius 2 is 2.53 bits per heavy atom. The van der Waals surface area contributed by atoms with Crippen molar-refractivity contribution in [1.29, 1.82) is 0 Å². The molecule has 0 saturated carbocycles. The Bertz CT molecular complexity index is 331. The fourth-order valence-electron chi connectivity index (χ4n) is 2.23. The molecule has 0 bridgehead atoms. The summed E-state index contributed by atoms with van der Waals surface area (Å²) in [5.41, 5.74) is 7.17. The second kappa shape index (κ2) is 6.17. The van der Waals surface area contributed by atoms with E-state index in [1.54, 1.807) is 0 Å². The van der Waals surface area contributed by atoms with E-state index in [9.17, 15) is 0 Å². The summed E-state index contributed by atoms with van der Waals surface area (Å²) < 4.78 is 7.62. The average Bonchev–Trinajstić information content (AvgIpc) is 2.97. The molecule has 1 aliphatic rings. The minimum absolute atomic E-state index is 0.255. The average molecular weight is 237 g/mol. The summed E-state index contributed by atoms with van der Waals surface area (Å²) in [7, 11) is 0. The standard InChI is InChI=1S/C13H23N3O/c1-2-12(14)8-11-9-15-16(10-11)6-5-13-4-3-7-17-13/h9-10,12-13H,2-8,14H2,1H3. The zero-order valence-electron chi connectivity index (χ0n) is 10.6. The quantitative estimate of drug-likeness (QED) is 0.820. The zero-order valence-corrected chi connectivity index (χ0v) is 10.6. The van der Waals surface area contributed by atoms with Gasteiger partial charge in [-0.15, -0.1) is 0 Å². The summed E-state index contributed by atoms with van der Waals surface area (Å²) in [6, 6.07) is 0.255. The molecule has 96 valence electrons. The lowest BCUT2D eigenvalue weighted by atomic mass is 10.1. The summed E-state index contributed by atoms with van der Waals surface area (Å²) in [5.74, 6) is 0. The van der Waals surface area contributed by atoms with Gasteiger partial charge in [-0.3, -0.25) is 4.68 Å². The third-order valence-corrected chi connectivity index (χ3v) is 3.41. The molecular formula is C13H23N3O. The van der Waals surface area contributed by atoms with Gasteiger partial charge in [0.15, 0.2) is 0 Å². The first-order valence-corrected chi connectivity index (χ1v) is 6.66. The number of rotatable bonds is 6. The maximum atomic E-state index is 5.93. The van der Waals surface area contributed by atoms with Gasteiger partial charge in [0.05, 0.1) is 12.3 Å². The number of hydrogen-bond donors (Lipinski definition) is 1. The molecule has 1 saturated heterocycles. The van der Waals surface area contributed by atoms with Crippen LogP contribution >= 0.6 is 0 Å². The van der Waals surface area contributed by atoms with Gasteiger partial charge in [-0.2, -0.15) is 5.10 Å². The zero-order chi connectivity index (χ0) is 12.1. The van der Waals surface area contributed by atoms with Crippen LogP contribution in [0.3, 0.4) is 0 Å². The highest BCUT2D eigenvalue weighted by Gasteiger charge is 2.15. The van der Waals surface area contributed by atoms with Crippen molar-refractivity contribution in [3.63, 3.8) is 0 Å². The number of hydrogen-bond acceptors (Lipinski definition) is 3. The van der Waals surface area contributed by atoms with Crippen molar-refractivity contribution in [2.75, 3.05) is 6.61 Å². The van der Waals surface area contributed by atoms with Gasteiger partial charge < -0.3 is 10.5 Å². The molecule has 17 heavy (non-hydrogen) atoms. The lowest BCUT2D eigenvalue weighted by molar-refractivity contribution is 0.0994. The maximum Gasteiger partial charge on any atom is 0.0593 e. The lowest BCUT2D eigenvalue weighted by Crippen LogP contribution is -2.21. The molecular weight excluding hydrogens is 214 g/mol. The molecule has 2 atom stereocenters. The normalized spacial score (nSPS) is 21.9. The Balaban J connectivity index is 1.77. The van der Waals surface area contributed by atoms with Gasteiger partial charge >= 0.3 is 0 Å². The van der Waals surface area contributed by atoms with Gasteiger partial charge in [0, 0.05) is 25.4 Å². The summed E-state index contributed by atoms with van der Waals surface area (Å²) >= 11 is 0. The topological polar surface area (TPSA) is 53.1 Å². The SMILES string of the molecule is CCC(N)Cc1cnn(CCC2CCCO2)c1. The Labute approximate surface area is 103 Å². The molecule has 2 unspecified atom stereocenters. The molecule has 4 nitrogen and oxygen atoms in total. The molecule has 2 N–H and O–H groups in total. The summed E-state index contributed by atoms with van der Waals surface area (Å²) in [6.45, 7) is 4.00. The van der Waals surface area contributed by atoms with Crippen LogP contribution in [0.15, 0.2) is 12.4 Å². The number of ether oxygens (including phenoxy) is 1. The molecule has 2 heterocycles. The Kier molecular flexibility index (Phi) is 4.57. The van der Waals surface area contributed by atoms with E-state index in [0.717, 1.165) is 32.4 Å². The van der Waals surface area contributed by atoms with E-state index in [-0.39, 0.29) is 6.04 Å². The van der Waals surface area contributed by atoms with Crippen LogP contribution in [0.1, 0.15) is 38.2 Å². The monoisotopic (exact) mass is 237 g/mol. The van der Waals surface area contributed by atoms with E-state index < -0.39 is 0 Å². The smallest absolute Gasteiger partial charge is 0.0593 e. The second-order valence-corrected chi connectivity index (χ2v) is 4.91. The number of aromatic nitrogens is 2. The van der Waals surface area contributed by atoms with Gasteiger partial charge in [0.25, 0.3) is 0 Å². The largest absolute Gasteiger partial charge is 0.378 e. The highest BCUT2D eigenvalue weighted by molar-refractivity contribution is 5.05. The molecule has 1 aliphatic heterocycles. The van der Waals surface area contributed by atoms with Crippen LogP contribution in [0, 0.1) is 0 Å². The Morgan fingerprint density at radius 1 is 1.65 bits per heavy atom. The Morgan fingerprint density at radius 3 is 3.24 bits per heavy atom. The molecule has 0 aliphatic carbocycles. The third-order valence-electron chi connectivity index (χ3n) is 3.41. The van der Waals surface area contributed by atoms with Crippen molar-refractivity contribution >= 4 is 0 Å². The van der Waals surface area contributed by atoms with Gasteiger partial charge in [0.2, 0.25) is 0 Å². The molecule has 1 aromatic rings. The molecule has 0 amide bonds. The van der Waals surface area contributed by atoms with Crippen LogP contribution in [0.5, 0.6) is 0 Å². The first kappa shape index (κ1) is 12.6. The van der Waals surface area contributed by atoms with Crippen LogP contribution < -0.4 is 5.73 Å².